The largest absolute Gasteiger partial charge is 0.310 e. The van der Waals surface area contributed by atoms with Crippen LogP contribution in [0.1, 0.15) is 24.1 Å². The molecule has 0 heterocycles. The van der Waals surface area contributed by atoms with Gasteiger partial charge >= 0.3 is 0 Å². The first-order chi connectivity index (χ1) is 10.0. The molecule has 0 spiro atoms. The Hall–Kier alpha value is -1.16. The van der Waals surface area contributed by atoms with E-state index < -0.39 is 17.7 Å². The lowest BCUT2D eigenvalue weighted by molar-refractivity contribution is 0.473. The van der Waals surface area contributed by atoms with E-state index in [0.29, 0.717) is 23.0 Å². The van der Waals surface area contributed by atoms with Crippen molar-refractivity contribution in [1.82, 2.24) is 5.32 Å². The van der Waals surface area contributed by atoms with Crippen molar-refractivity contribution in [1.29, 1.82) is 0 Å². The maximum atomic E-state index is 14.0. The summed E-state index contributed by atoms with van der Waals surface area (Å²) < 4.78 is 27.9. The quantitative estimate of drug-likeness (QED) is 0.798. The number of hydrogen-bond acceptors (Lipinski definition) is 1. The second-order valence-electron chi connectivity index (χ2n) is 4.69. The first-order valence-electron chi connectivity index (χ1n) is 6.64. The van der Waals surface area contributed by atoms with Gasteiger partial charge in [-0.2, -0.15) is 0 Å². The summed E-state index contributed by atoms with van der Waals surface area (Å²) >= 11 is 12.1. The van der Waals surface area contributed by atoms with Gasteiger partial charge in [0.15, 0.2) is 0 Å². The molecule has 1 nitrogen and oxygen atoms in total. The van der Waals surface area contributed by atoms with Gasteiger partial charge in [0.05, 0.1) is 0 Å². The third-order valence-corrected chi connectivity index (χ3v) is 3.83. The molecule has 2 rings (SSSR count). The third-order valence-electron chi connectivity index (χ3n) is 3.23. The van der Waals surface area contributed by atoms with Crippen LogP contribution in [-0.2, 0) is 6.42 Å². The molecule has 2 aromatic rings. The molecule has 0 saturated carbocycles. The van der Waals surface area contributed by atoms with E-state index >= 15 is 0 Å². The normalized spacial score (nSPS) is 12.4. The van der Waals surface area contributed by atoms with Crippen molar-refractivity contribution in [2.45, 2.75) is 19.4 Å². The molecule has 0 radical (unpaired) electrons. The van der Waals surface area contributed by atoms with Gasteiger partial charge in [0.1, 0.15) is 11.6 Å². The fourth-order valence-electron chi connectivity index (χ4n) is 2.29. The zero-order chi connectivity index (χ0) is 15.4. The molecule has 0 bridgehead atoms. The number of halogens is 4. The highest BCUT2D eigenvalue weighted by Gasteiger charge is 2.20. The Morgan fingerprint density at radius 2 is 1.76 bits per heavy atom. The molecule has 21 heavy (non-hydrogen) atoms. The van der Waals surface area contributed by atoms with Gasteiger partial charge in [-0.25, -0.2) is 8.78 Å². The van der Waals surface area contributed by atoms with Crippen LogP contribution in [0.2, 0.25) is 10.0 Å². The summed E-state index contributed by atoms with van der Waals surface area (Å²) in [7, 11) is 0. The van der Waals surface area contributed by atoms with E-state index in [-0.39, 0.29) is 5.56 Å². The first-order valence-corrected chi connectivity index (χ1v) is 7.39. The molecule has 0 amide bonds. The molecule has 0 saturated heterocycles. The lowest BCUT2D eigenvalue weighted by Gasteiger charge is -2.20. The van der Waals surface area contributed by atoms with Gasteiger partial charge in [-0.1, -0.05) is 36.2 Å². The van der Waals surface area contributed by atoms with Crippen molar-refractivity contribution in [3.8, 4) is 0 Å². The van der Waals surface area contributed by atoms with Gasteiger partial charge in [0.25, 0.3) is 0 Å². The van der Waals surface area contributed by atoms with Crippen LogP contribution in [0.3, 0.4) is 0 Å². The Morgan fingerprint density at radius 3 is 2.38 bits per heavy atom. The van der Waals surface area contributed by atoms with Crippen LogP contribution in [0, 0.1) is 11.6 Å². The van der Waals surface area contributed by atoms with Crippen molar-refractivity contribution in [2.24, 2.45) is 0 Å². The molecular formula is C16H15Cl2F2N. The summed E-state index contributed by atoms with van der Waals surface area (Å²) in [4.78, 5) is 0. The van der Waals surface area contributed by atoms with E-state index in [9.17, 15) is 8.78 Å². The molecule has 0 aliphatic rings. The van der Waals surface area contributed by atoms with Gasteiger partial charge in [-0.3, -0.25) is 0 Å². The van der Waals surface area contributed by atoms with Gasteiger partial charge in [0.2, 0.25) is 0 Å². The van der Waals surface area contributed by atoms with Crippen LogP contribution in [0.25, 0.3) is 0 Å². The smallest absolute Gasteiger partial charge is 0.130 e. The Kier molecular flexibility index (Phi) is 5.57. The second kappa shape index (κ2) is 7.21. The third kappa shape index (κ3) is 3.94. The highest BCUT2D eigenvalue weighted by atomic mass is 35.5. The highest BCUT2D eigenvalue weighted by Crippen LogP contribution is 2.28. The molecule has 0 aromatic heterocycles. The monoisotopic (exact) mass is 329 g/mol. The molecule has 112 valence electrons. The zero-order valence-electron chi connectivity index (χ0n) is 11.5. The molecular weight excluding hydrogens is 315 g/mol. The van der Waals surface area contributed by atoms with Crippen LogP contribution >= 0.6 is 23.2 Å². The summed E-state index contributed by atoms with van der Waals surface area (Å²) in [6, 6.07) is 8.42. The molecule has 0 fully saturated rings. The fraction of sp³-hybridized carbons (Fsp3) is 0.250. The van der Waals surface area contributed by atoms with Gasteiger partial charge in [-0.15, -0.1) is 0 Å². The van der Waals surface area contributed by atoms with E-state index in [0.717, 1.165) is 5.56 Å². The maximum absolute atomic E-state index is 14.0. The van der Waals surface area contributed by atoms with Gasteiger partial charge in [0, 0.05) is 21.7 Å². The minimum Gasteiger partial charge on any atom is -0.310 e. The van der Waals surface area contributed by atoms with Gasteiger partial charge < -0.3 is 5.32 Å². The van der Waals surface area contributed by atoms with E-state index in [1.165, 1.54) is 18.2 Å². The van der Waals surface area contributed by atoms with Crippen LogP contribution < -0.4 is 5.32 Å². The standard InChI is InChI=1S/C16H15Cl2F2N/c1-2-21-15(16-13(19)4-3-5-14(16)20)9-10-8-11(17)6-7-12(10)18/h3-8,15,21H,2,9H2,1H3. The number of hydrogen-bond donors (Lipinski definition) is 1. The van der Waals surface area contributed by atoms with Crippen molar-refractivity contribution < 1.29 is 8.78 Å². The summed E-state index contributed by atoms with van der Waals surface area (Å²) in [5, 5.41) is 4.16. The average molecular weight is 330 g/mol. The summed E-state index contributed by atoms with van der Waals surface area (Å²) in [6.45, 7) is 2.46. The fourth-order valence-corrected chi connectivity index (χ4v) is 2.68. The van der Waals surface area contributed by atoms with Crippen molar-refractivity contribution in [3.05, 3.63) is 69.2 Å². The lowest BCUT2D eigenvalue weighted by Crippen LogP contribution is -2.25. The molecule has 1 unspecified atom stereocenters. The SMILES string of the molecule is CCNC(Cc1cc(Cl)ccc1Cl)c1c(F)cccc1F. The Bertz CT molecular complexity index is 611. The van der Waals surface area contributed by atoms with Gasteiger partial charge in [-0.05, 0) is 48.9 Å². The molecule has 1 N–H and O–H groups in total. The first kappa shape index (κ1) is 16.2. The van der Waals surface area contributed by atoms with E-state index in [2.05, 4.69) is 5.32 Å². The topological polar surface area (TPSA) is 12.0 Å². The average Bonchev–Trinajstić information content (AvgIpc) is 2.43. The van der Waals surface area contributed by atoms with E-state index in [1.807, 2.05) is 6.92 Å². The summed E-state index contributed by atoms with van der Waals surface area (Å²) in [5.41, 5.74) is 0.771. The molecule has 0 aliphatic heterocycles. The predicted octanol–water partition coefficient (Wildman–Crippen LogP) is 5.16. The van der Waals surface area contributed by atoms with Crippen LogP contribution in [0.5, 0.6) is 0 Å². The highest BCUT2D eigenvalue weighted by molar-refractivity contribution is 6.33. The molecule has 0 aliphatic carbocycles. The number of benzene rings is 2. The lowest BCUT2D eigenvalue weighted by atomic mass is 9.97. The maximum Gasteiger partial charge on any atom is 0.130 e. The second-order valence-corrected chi connectivity index (χ2v) is 5.53. The van der Waals surface area contributed by atoms with Crippen molar-refractivity contribution in [2.75, 3.05) is 6.54 Å². The van der Waals surface area contributed by atoms with Crippen LogP contribution in [0.4, 0.5) is 8.78 Å². The number of likely N-dealkylation sites (N-methyl/N-ethyl adjacent to an activating group) is 1. The van der Waals surface area contributed by atoms with E-state index in [4.69, 9.17) is 23.2 Å². The minimum atomic E-state index is -0.570. The Labute approximate surface area is 132 Å². The van der Waals surface area contributed by atoms with E-state index in [1.54, 1.807) is 18.2 Å². The van der Waals surface area contributed by atoms with Crippen molar-refractivity contribution >= 4 is 23.2 Å². The minimum absolute atomic E-state index is 0.0235. The molecule has 5 heteroatoms. The number of rotatable bonds is 5. The summed E-state index contributed by atoms with van der Waals surface area (Å²) in [5.74, 6) is -1.14. The predicted molar refractivity (Wildman–Crippen MR) is 82.9 cm³/mol. The Morgan fingerprint density at radius 1 is 1.10 bits per heavy atom. The summed E-state index contributed by atoms with van der Waals surface area (Å²) in [6.07, 6.45) is 0.352. The van der Waals surface area contributed by atoms with Crippen LogP contribution in [0.15, 0.2) is 36.4 Å². The molecule has 1 atom stereocenters. The molecule has 2 aromatic carbocycles. The van der Waals surface area contributed by atoms with Crippen molar-refractivity contribution in [3.63, 3.8) is 0 Å². The van der Waals surface area contributed by atoms with Crippen LogP contribution in [-0.4, -0.2) is 6.54 Å². The number of nitrogens with one attached hydrogen (secondary N) is 1. The Balaban J connectivity index is 2.38. The zero-order valence-corrected chi connectivity index (χ0v) is 13.0.